The number of aromatic amines is 1. The molecular weight excluding hydrogens is 344 g/mol. The summed E-state index contributed by atoms with van der Waals surface area (Å²) in [6.45, 7) is 6.15. The predicted octanol–water partition coefficient (Wildman–Crippen LogP) is 0.993. The minimum Gasteiger partial charge on any atom is -0.332 e. The van der Waals surface area contributed by atoms with Crippen molar-refractivity contribution in [2.75, 3.05) is 13.1 Å². The number of rotatable bonds is 6. The summed E-state index contributed by atoms with van der Waals surface area (Å²) in [5, 5.41) is 2.81. The average Bonchev–Trinajstić information content (AvgIpc) is 2.89. The van der Waals surface area contributed by atoms with Crippen molar-refractivity contribution < 1.29 is 18.0 Å². The number of sulfonamides is 1. The lowest BCUT2D eigenvalue weighted by atomic mass is 10.0. The van der Waals surface area contributed by atoms with Crippen molar-refractivity contribution in [1.82, 2.24) is 19.6 Å². The maximum Gasteiger partial charge on any atom is 0.284 e. The Bertz CT molecular complexity index is 728. The first kappa shape index (κ1) is 19.6. The number of imidazole rings is 1. The number of H-pyrrole nitrogens is 1. The van der Waals surface area contributed by atoms with Crippen LogP contribution in [0.1, 0.15) is 45.4 Å². The van der Waals surface area contributed by atoms with Crippen molar-refractivity contribution in [3.8, 4) is 0 Å². The van der Waals surface area contributed by atoms with Crippen LogP contribution in [-0.4, -0.2) is 53.5 Å². The van der Waals surface area contributed by atoms with Gasteiger partial charge in [-0.25, -0.2) is 9.29 Å². The second-order valence-corrected chi connectivity index (χ2v) is 8.33. The molecule has 1 aromatic rings. The van der Waals surface area contributed by atoms with E-state index in [4.69, 9.17) is 0 Å². The van der Waals surface area contributed by atoms with Crippen molar-refractivity contribution in [3.05, 3.63) is 12.0 Å². The number of carbonyl (C=O) groups is 2. The molecule has 0 saturated carbocycles. The van der Waals surface area contributed by atoms with E-state index in [9.17, 15) is 18.0 Å². The fraction of sp³-hybridized carbons (Fsp3) is 0.688. The van der Waals surface area contributed by atoms with Crippen LogP contribution < -0.4 is 5.32 Å². The summed E-state index contributed by atoms with van der Waals surface area (Å²) in [5.74, 6) is -0.355. The van der Waals surface area contributed by atoms with Gasteiger partial charge in [0.2, 0.25) is 5.91 Å². The molecule has 9 heteroatoms. The predicted molar refractivity (Wildman–Crippen MR) is 92.3 cm³/mol. The van der Waals surface area contributed by atoms with Crippen molar-refractivity contribution in [1.29, 1.82) is 0 Å². The molecule has 0 aliphatic carbocycles. The van der Waals surface area contributed by atoms with Crippen LogP contribution in [-0.2, 0) is 19.6 Å². The Morgan fingerprint density at radius 3 is 2.80 bits per heavy atom. The zero-order valence-electron chi connectivity index (χ0n) is 14.9. The second-order valence-electron chi connectivity index (χ2n) is 6.55. The van der Waals surface area contributed by atoms with E-state index >= 15 is 0 Å². The van der Waals surface area contributed by atoms with E-state index in [-0.39, 0.29) is 29.7 Å². The van der Waals surface area contributed by atoms with E-state index in [0.717, 1.165) is 10.7 Å². The molecule has 0 aromatic carbocycles. The van der Waals surface area contributed by atoms with Gasteiger partial charge in [0.25, 0.3) is 10.0 Å². The van der Waals surface area contributed by atoms with E-state index < -0.39 is 22.0 Å². The lowest BCUT2D eigenvalue weighted by Crippen LogP contribution is -2.50. The molecule has 0 spiro atoms. The third-order valence-electron chi connectivity index (χ3n) is 4.47. The maximum absolute atomic E-state index is 13.1. The lowest BCUT2D eigenvalue weighted by Gasteiger charge is -2.29. The molecule has 2 atom stereocenters. The maximum atomic E-state index is 13.1. The van der Waals surface area contributed by atoms with Crippen LogP contribution in [0, 0.1) is 12.8 Å². The van der Waals surface area contributed by atoms with Crippen LogP contribution in [0.15, 0.2) is 11.2 Å². The summed E-state index contributed by atoms with van der Waals surface area (Å²) >= 11 is 0. The number of ketones is 1. The molecule has 1 aliphatic rings. The number of aryl methyl sites for hydroxylation is 1. The number of nitrogens with zero attached hydrogens (tertiary/aromatic N) is 2. The number of carbonyl (C=O) groups excluding carboxylic acids is 2. The number of hydrogen-bond donors (Lipinski definition) is 2. The van der Waals surface area contributed by atoms with Gasteiger partial charge in [0.05, 0.1) is 12.7 Å². The van der Waals surface area contributed by atoms with Gasteiger partial charge in [-0.2, -0.15) is 8.42 Å². The van der Waals surface area contributed by atoms with E-state index in [1.165, 1.54) is 6.20 Å². The van der Waals surface area contributed by atoms with Crippen LogP contribution in [0.4, 0.5) is 0 Å². The molecule has 1 fully saturated rings. The number of hydrogen-bond acceptors (Lipinski definition) is 6. The highest BCUT2D eigenvalue weighted by Gasteiger charge is 2.40. The topological polar surface area (TPSA) is 112 Å². The second kappa shape index (κ2) is 8.09. The SMILES string of the molecule is CC[C@H](C)CC(=O)N(C1CCCNCC1=O)S(=O)(=O)c1cnc(C)[nH]1. The zero-order chi connectivity index (χ0) is 18.6. The van der Waals surface area contributed by atoms with Gasteiger partial charge in [0.15, 0.2) is 10.8 Å². The molecule has 1 aliphatic heterocycles. The Labute approximate surface area is 148 Å². The summed E-state index contributed by atoms with van der Waals surface area (Å²) in [7, 11) is -4.16. The van der Waals surface area contributed by atoms with Crippen LogP contribution >= 0.6 is 0 Å². The molecule has 1 amide bonds. The first-order valence-electron chi connectivity index (χ1n) is 8.59. The van der Waals surface area contributed by atoms with Crippen LogP contribution in [0.2, 0.25) is 0 Å². The Balaban J connectivity index is 2.44. The average molecular weight is 370 g/mol. The van der Waals surface area contributed by atoms with Gasteiger partial charge < -0.3 is 10.3 Å². The quantitative estimate of drug-likeness (QED) is 0.772. The summed E-state index contributed by atoms with van der Waals surface area (Å²) in [6.07, 6.45) is 2.97. The Kier molecular flexibility index (Phi) is 6.34. The monoisotopic (exact) mass is 370 g/mol. The molecule has 0 bridgehead atoms. The highest BCUT2D eigenvalue weighted by atomic mass is 32.2. The van der Waals surface area contributed by atoms with E-state index in [1.54, 1.807) is 6.92 Å². The number of amides is 1. The zero-order valence-corrected chi connectivity index (χ0v) is 15.7. The molecule has 2 rings (SSSR count). The Hall–Kier alpha value is -1.74. The summed E-state index contributed by atoms with van der Waals surface area (Å²) < 4.78 is 26.9. The molecule has 2 heterocycles. The highest BCUT2D eigenvalue weighted by Crippen LogP contribution is 2.24. The fourth-order valence-corrected chi connectivity index (χ4v) is 4.38. The largest absolute Gasteiger partial charge is 0.332 e. The van der Waals surface area contributed by atoms with Gasteiger partial charge in [-0.3, -0.25) is 9.59 Å². The van der Waals surface area contributed by atoms with Gasteiger partial charge >= 0.3 is 0 Å². The molecule has 0 radical (unpaired) electrons. The molecule has 2 N–H and O–H groups in total. The third-order valence-corrected chi connectivity index (χ3v) is 6.21. The Morgan fingerprint density at radius 1 is 1.48 bits per heavy atom. The van der Waals surface area contributed by atoms with Crippen molar-refractivity contribution in [2.45, 2.75) is 57.5 Å². The van der Waals surface area contributed by atoms with Gasteiger partial charge in [-0.05, 0) is 32.2 Å². The molecule has 140 valence electrons. The Morgan fingerprint density at radius 2 is 2.20 bits per heavy atom. The minimum atomic E-state index is -4.16. The molecule has 1 saturated heterocycles. The van der Waals surface area contributed by atoms with Gasteiger partial charge in [-0.1, -0.05) is 20.3 Å². The van der Waals surface area contributed by atoms with E-state index in [2.05, 4.69) is 15.3 Å². The normalized spacial score (nSPS) is 20.1. The number of nitrogens with one attached hydrogen (secondary N) is 2. The van der Waals surface area contributed by atoms with E-state index in [1.807, 2.05) is 13.8 Å². The van der Waals surface area contributed by atoms with Gasteiger partial charge in [0, 0.05) is 6.42 Å². The smallest absolute Gasteiger partial charge is 0.284 e. The summed E-state index contributed by atoms with van der Waals surface area (Å²) in [5.41, 5.74) is 0. The molecule has 25 heavy (non-hydrogen) atoms. The van der Waals surface area contributed by atoms with E-state index in [0.29, 0.717) is 25.2 Å². The lowest BCUT2D eigenvalue weighted by molar-refractivity contribution is -0.134. The van der Waals surface area contributed by atoms with Crippen molar-refractivity contribution in [2.24, 2.45) is 5.92 Å². The fourth-order valence-electron chi connectivity index (χ4n) is 2.80. The minimum absolute atomic E-state index is 0.0349. The van der Waals surface area contributed by atoms with Gasteiger partial charge in [-0.15, -0.1) is 0 Å². The van der Waals surface area contributed by atoms with Crippen LogP contribution in [0.25, 0.3) is 0 Å². The highest BCUT2D eigenvalue weighted by molar-refractivity contribution is 7.89. The van der Waals surface area contributed by atoms with Crippen LogP contribution in [0.3, 0.4) is 0 Å². The number of aromatic nitrogens is 2. The third kappa shape index (κ3) is 4.46. The van der Waals surface area contributed by atoms with Crippen molar-refractivity contribution in [3.63, 3.8) is 0 Å². The standard InChI is InChI=1S/C16H26N4O4S/c1-4-11(2)8-16(22)20(13-6-5-7-17-9-14(13)21)25(23,24)15-10-18-12(3)19-15/h10-11,13,17H,4-9H2,1-3H3,(H,18,19)/t11-,13?/m0/s1. The van der Waals surface area contributed by atoms with Crippen LogP contribution in [0.5, 0.6) is 0 Å². The summed E-state index contributed by atoms with van der Waals surface area (Å²) in [4.78, 5) is 31.9. The molecule has 8 nitrogen and oxygen atoms in total. The number of Topliss-reactive ketones (excluding diaryl/α,β-unsaturated/α-hetero) is 1. The molecule has 1 aromatic heterocycles. The first-order chi connectivity index (χ1) is 11.8. The van der Waals surface area contributed by atoms with Crippen molar-refractivity contribution >= 4 is 21.7 Å². The van der Waals surface area contributed by atoms with Gasteiger partial charge in [0.1, 0.15) is 11.9 Å². The first-order valence-corrected chi connectivity index (χ1v) is 10.0. The molecular formula is C16H26N4O4S. The summed E-state index contributed by atoms with van der Waals surface area (Å²) in [6, 6.07) is -0.972. The molecule has 1 unspecified atom stereocenters.